The van der Waals surface area contributed by atoms with Crippen LogP contribution in [0, 0.1) is 17.3 Å². The first-order chi connectivity index (χ1) is 6.24. The molecular formula is C10H13NO2. The maximum atomic E-state index is 11.5. The zero-order valence-electron chi connectivity index (χ0n) is 7.42. The minimum absolute atomic E-state index is 0.120. The van der Waals surface area contributed by atoms with Crippen LogP contribution < -0.4 is 5.32 Å². The SMILES string of the molecule is O=C1N/C(=C\O)[C@H]2CC3(CC3)CC12. The molecule has 13 heavy (non-hydrogen) atoms. The van der Waals surface area contributed by atoms with Gasteiger partial charge in [-0.2, -0.15) is 0 Å². The van der Waals surface area contributed by atoms with Crippen LogP contribution in [0.5, 0.6) is 0 Å². The molecule has 3 nitrogen and oxygen atoms in total. The highest BCUT2D eigenvalue weighted by atomic mass is 16.2. The molecule has 0 aromatic carbocycles. The molecule has 0 aromatic heterocycles. The van der Waals surface area contributed by atoms with Crippen LogP contribution in [0.2, 0.25) is 0 Å². The highest BCUT2D eigenvalue weighted by molar-refractivity contribution is 5.85. The summed E-state index contributed by atoms with van der Waals surface area (Å²) in [7, 11) is 0. The van der Waals surface area contributed by atoms with Crippen LogP contribution in [0.15, 0.2) is 12.0 Å². The van der Waals surface area contributed by atoms with Gasteiger partial charge in [0.25, 0.3) is 0 Å². The molecule has 2 aliphatic carbocycles. The third kappa shape index (κ3) is 0.872. The Labute approximate surface area is 76.8 Å². The predicted molar refractivity (Wildman–Crippen MR) is 46.7 cm³/mol. The average Bonchev–Trinajstić information content (AvgIpc) is 2.64. The molecule has 3 aliphatic rings. The largest absolute Gasteiger partial charge is 0.514 e. The van der Waals surface area contributed by atoms with Gasteiger partial charge in [-0.15, -0.1) is 0 Å². The van der Waals surface area contributed by atoms with Gasteiger partial charge < -0.3 is 10.4 Å². The van der Waals surface area contributed by atoms with E-state index in [1.807, 2.05) is 0 Å². The minimum atomic E-state index is 0.120. The molecular weight excluding hydrogens is 166 g/mol. The van der Waals surface area contributed by atoms with E-state index in [1.54, 1.807) is 0 Å². The van der Waals surface area contributed by atoms with Gasteiger partial charge in [0.1, 0.15) is 0 Å². The number of fused-ring (bicyclic) bond motifs is 1. The molecule has 0 radical (unpaired) electrons. The van der Waals surface area contributed by atoms with Crippen LogP contribution in [0.1, 0.15) is 25.7 Å². The maximum Gasteiger partial charge on any atom is 0.228 e. The lowest BCUT2D eigenvalue weighted by atomic mass is 9.98. The van der Waals surface area contributed by atoms with Crippen molar-refractivity contribution in [2.24, 2.45) is 17.3 Å². The smallest absolute Gasteiger partial charge is 0.228 e. The lowest BCUT2D eigenvalue weighted by Gasteiger charge is -2.07. The summed E-state index contributed by atoms with van der Waals surface area (Å²) in [6.45, 7) is 0. The molecule has 3 rings (SSSR count). The lowest BCUT2D eigenvalue weighted by Crippen LogP contribution is -2.19. The van der Waals surface area contributed by atoms with Crippen molar-refractivity contribution >= 4 is 5.91 Å². The number of hydrogen-bond donors (Lipinski definition) is 2. The van der Waals surface area contributed by atoms with Gasteiger partial charge in [-0.05, 0) is 31.1 Å². The number of rotatable bonds is 0. The second-order valence-electron chi connectivity index (χ2n) is 4.69. The molecule has 1 amide bonds. The van der Waals surface area contributed by atoms with Crippen molar-refractivity contribution in [3.05, 3.63) is 12.0 Å². The fourth-order valence-electron chi connectivity index (χ4n) is 2.94. The Balaban J connectivity index is 1.92. The Morgan fingerprint density at radius 2 is 2.08 bits per heavy atom. The molecule has 0 bridgehead atoms. The maximum absolute atomic E-state index is 11.5. The Morgan fingerprint density at radius 3 is 2.69 bits per heavy atom. The van der Waals surface area contributed by atoms with Gasteiger partial charge in [0.15, 0.2) is 0 Å². The number of carbonyl (C=O) groups is 1. The highest BCUT2D eigenvalue weighted by Gasteiger charge is 2.57. The first-order valence-electron chi connectivity index (χ1n) is 4.89. The molecule has 2 atom stereocenters. The average molecular weight is 179 g/mol. The molecule has 1 heterocycles. The van der Waals surface area contributed by atoms with Crippen molar-refractivity contribution in [2.45, 2.75) is 25.7 Å². The summed E-state index contributed by atoms with van der Waals surface area (Å²) in [4.78, 5) is 11.5. The summed E-state index contributed by atoms with van der Waals surface area (Å²) < 4.78 is 0. The molecule has 1 aliphatic heterocycles. The van der Waals surface area contributed by atoms with Crippen molar-refractivity contribution in [3.63, 3.8) is 0 Å². The summed E-state index contributed by atoms with van der Waals surface area (Å²) in [5, 5.41) is 11.7. The van der Waals surface area contributed by atoms with E-state index < -0.39 is 0 Å². The first-order valence-corrected chi connectivity index (χ1v) is 4.89. The fourth-order valence-corrected chi connectivity index (χ4v) is 2.94. The third-order valence-corrected chi connectivity index (χ3v) is 3.89. The molecule has 1 spiro atoms. The quantitative estimate of drug-likeness (QED) is 0.551. The van der Waals surface area contributed by atoms with E-state index in [9.17, 15) is 4.79 Å². The molecule has 3 fully saturated rings. The number of nitrogens with one attached hydrogen (secondary N) is 1. The van der Waals surface area contributed by atoms with Crippen molar-refractivity contribution in [1.29, 1.82) is 0 Å². The zero-order chi connectivity index (χ0) is 9.05. The van der Waals surface area contributed by atoms with E-state index in [4.69, 9.17) is 5.11 Å². The Bertz CT molecular complexity index is 304. The van der Waals surface area contributed by atoms with E-state index in [1.165, 1.54) is 12.8 Å². The van der Waals surface area contributed by atoms with Crippen LogP contribution in [-0.4, -0.2) is 11.0 Å². The Morgan fingerprint density at radius 1 is 1.38 bits per heavy atom. The van der Waals surface area contributed by atoms with Crippen LogP contribution in [0.4, 0.5) is 0 Å². The van der Waals surface area contributed by atoms with E-state index in [2.05, 4.69) is 5.32 Å². The lowest BCUT2D eigenvalue weighted by molar-refractivity contribution is -0.122. The minimum Gasteiger partial charge on any atom is -0.514 e. The van der Waals surface area contributed by atoms with Crippen molar-refractivity contribution in [3.8, 4) is 0 Å². The molecule has 1 saturated heterocycles. The third-order valence-electron chi connectivity index (χ3n) is 3.89. The van der Waals surface area contributed by atoms with Gasteiger partial charge in [0, 0.05) is 11.8 Å². The Hall–Kier alpha value is -0.990. The molecule has 0 aromatic rings. The second kappa shape index (κ2) is 2.08. The van der Waals surface area contributed by atoms with Gasteiger partial charge in [-0.3, -0.25) is 4.79 Å². The number of carbonyl (C=O) groups excluding carboxylic acids is 1. The van der Waals surface area contributed by atoms with Gasteiger partial charge in [-0.1, -0.05) is 0 Å². The first kappa shape index (κ1) is 7.42. The van der Waals surface area contributed by atoms with Crippen LogP contribution in [-0.2, 0) is 4.79 Å². The van der Waals surface area contributed by atoms with E-state index >= 15 is 0 Å². The molecule has 2 saturated carbocycles. The van der Waals surface area contributed by atoms with Gasteiger partial charge in [-0.25, -0.2) is 0 Å². The molecule has 3 heteroatoms. The van der Waals surface area contributed by atoms with Crippen molar-refractivity contribution < 1.29 is 9.90 Å². The van der Waals surface area contributed by atoms with Crippen LogP contribution in [0.3, 0.4) is 0 Å². The fraction of sp³-hybridized carbons (Fsp3) is 0.700. The summed E-state index contributed by atoms with van der Waals surface area (Å²) in [6, 6.07) is 0. The number of hydrogen-bond acceptors (Lipinski definition) is 2. The van der Waals surface area contributed by atoms with Crippen molar-refractivity contribution in [1.82, 2.24) is 5.32 Å². The number of aliphatic hydroxyl groups is 1. The number of aliphatic hydroxyl groups excluding tert-OH is 1. The van der Waals surface area contributed by atoms with Gasteiger partial charge >= 0.3 is 0 Å². The number of allylic oxidation sites excluding steroid dienone is 1. The summed E-state index contributed by atoms with van der Waals surface area (Å²) in [5.74, 6) is 0.565. The molecule has 1 unspecified atom stereocenters. The summed E-state index contributed by atoms with van der Waals surface area (Å²) in [5.41, 5.74) is 1.24. The Kier molecular flexibility index (Phi) is 1.19. The zero-order valence-corrected chi connectivity index (χ0v) is 7.42. The summed E-state index contributed by atoms with van der Waals surface area (Å²) in [6.07, 6.45) is 5.78. The summed E-state index contributed by atoms with van der Waals surface area (Å²) >= 11 is 0. The topological polar surface area (TPSA) is 49.3 Å². The number of amides is 1. The second-order valence-corrected chi connectivity index (χ2v) is 4.69. The highest BCUT2D eigenvalue weighted by Crippen LogP contribution is 2.63. The van der Waals surface area contributed by atoms with E-state index in [-0.39, 0.29) is 11.8 Å². The van der Waals surface area contributed by atoms with Gasteiger partial charge in [0.2, 0.25) is 5.91 Å². The predicted octanol–water partition coefficient (Wildman–Crippen LogP) is 1.32. The van der Waals surface area contributed by atoms with E-state index in [0.717, 1.165) is 24.8 Å². The van der Waals surface area contributed by atoms with Gasteiger partial charge in [0.05, 0.1) is 12.0 Å². The van der Waals surface area contributed by atoms with Crippen LogP contribution in [0.25, 0.3) is 0 Å². The molecule has 2 N–H and O–H groups in total. The van der Waals surface area contributed by atoms with Crippen LogP contribution >= 0.6 is 0 Å². The monoisotopic (exact) mass is 179 g/mol. The van der Waals surface area contributed by atoms with Crippen molar-refractivity contribution in [2.75, 3.05) is 0 Å². The van der Waals surface area contributed by atoms with E-state index in [0.29, 0.717) is 11.3 Å². The standard InChI is InChI=1S/C10H13NO2/c12-5-8-6-3-10(1-2-10)4-7(6)9(13)11-8/h5-7,12H,1-4H2,(H,11,13)/b8-5-/t6-,7?/m0/s1. The molecule has 70 valence electrons. The normalized spacial score (nSPS) is 42.5.